The third kappa shape index (κ3) is 4.95. The zero-order valence-corrected chi connectivity index (χ0v) is 18.4. The lowest BCUT2D eigenvalue weighted by Crippen LogP contribution is -2.44. The van der Waals surface area contributed by atoms with E-state index in [0.717, 1.165) is 30.8 Å². The highest BCUT2D eigenvalue weighted by molar-refractivity contribution is 6.00. The Labute approximate surface area is 188 Å². The van der Waals surface area contributed by atoms with E-state index >= 15 is 0 Å². The Morgan fingerprint density at radius 1 is 1.03 bits per heavy atom. The average Bonchev–Trinajstić information content (AvgIpc) is 3.37. The van der Waals surface area contributed by atoms with Crippen molar-refractivity contribution in [1.29, 1.82) is 0 Å². The molecule has 2 aliphatic rings. The van der Waals surface area contributed by atoms with Gasteiger partial charge in [0.2, 0.25) is 5.91 Å². The van der Waals surface area contributed by atoms with Crippen molar-refractivity contribution in [1.82, 2.24) is 5.32 Å². The van der Waals surface area contributed by atoms with Crippen LogP contribution in [0.3, 0.4) is 0 Å². The molecular weight excluding hydrogens is 408 g/mol. The second-order valence-electron chi connectivity index (χ2n) is 8.30. The van der Waals surface area contributed by atoms with Crippen molar-refractivity contribution < 1.29 is 23.8 Å². The first-order valence-electron chi connectivity index (χ1n) is 11.1. The molecule has 7 nitrogen and oxygen atoms in total. The maximum Gasteiger partial charge on any atom is 0.251 e. The molecule has 170 valence electrons. The van der Waals surface area contributed by atoms with E-state index in [1.807, 2.05) is 24.3 Å². The molecule has 0 aromatic heterocycles. The number of rotatable bonds is 7. The van der Waals surface area contributed by atoms with Crippen LogP contribution in [0.25, 0.3) is 0 Å². The van der Waals surface area contributed by atoms with Gasteiger partial charge in [-0.3, -0.25) is 9.59 Å². The number of hydrogen-bond donors (Lipinski definition) is 2. The summed E-state index contributed by atoms with van der Waals surface area (Å²) >= 11 is 0. The number of hydrogen-bond acceptors (Lipinski definition) is 5. The van der Waals surface area contributed by atoms with E-state index in [1.165, 1.54) is 0 Å². The smallest absolute Gasteiger partial charge is 0.251 e. The van der Waals surface area contributed by atoms with Crippen LogP contribution < -0.4 is 15.4 Å². The molecule has 1 atom stereocenters. The molecule has 2 aromatic carbocycles. The zero-order valence-electron chi connectivity index (χ0n) is 18.4. The van der Waals surface area contributed by atoms with Gasteiger partial charge in [0.25, 0.3) is 5.91 Å². The Morgan fingerprint density at radius 3 is 2.38 bits per heavy atom. The van der Waals surface area contributed by atoms with Gasteiger partial charge in [-0.2, -0.15) is 0 Å². The summed E-state index contributed by atoms with van der Waals surface area (Å²) in [6, 6.07) is 14.6. The van der Waals surface area contributed by atoms with E-state index < -0.39 is 5.41 Å². The van der Waals surface area contributed by atoms with Crippen LogP contribution in [-0.2, 0) is 19.7 Å². The SMILES string of the molecule is COc1ccc(C2(C(=O)Nc3ccc(C(=O)NC[C@@H]4CCCO4)cc3)CCOCC2)cc1. The minimum Gasteiger partial charge on any atom is -0.497 e. The van der Waals surface area contributed by atoms with Gasteiger partial charge >= 0.3 is 0 Å². The molecule has 4 rings (SSSR count). The van der Waals surface area contributed by atoms with Crippen LogP contribution in [-0.4, -0.2) is 51.4 Å². The molecule has 0 aliphatic carbocycles. The summed E-state index contributed by atoms with van der Waals surface area (Å²) in [5.41, 5.74) is 1.49. The molecule has 2 amide bonds. The first-order chi connectivity index (χ1) is 15.6. The number of anilines is 1. The predicted molar refractivity (Wildman–Crippen MR) is 121 cm³/mol. The predicted octanol–water partition coefficient (Wildman–Crippen LogP) is 3.29. The number of benzene rings is 2. The van der Waals surface area contributed by atoms with E-state index in [2.05, 4.69) is 10.6 Å². The fourth-order valence-electron chi connectivity index (χ4n) is 4.35. The summed E-state index contributed by atoms with van der Waals surface area (Å²) < 4.78 is 16.3. The molecule has 0 bridgehead atoms. The molecule has 2 saturated heterocycles. The highest BCUT2D eigenvalue weighted by atomic mass is 16.5. The largest absolute Gasteiger partial charge is 0.497 e. The van der Waals surface area contributed by atoms with E-state index in [-0.39, 0.29) is 17.9 Å². The van der Waals surface area contributed by atoms with Crippen LogP contribution in [0.1, 0.15) is 41.6 Å². The van der Waals surface area contributed by atoms with Gasteiger partial charge in [-0.25, -0.2) is 0 Å². The molecule has 2 heterocycles. The Hall–Kier alpha value is -2.90. The third-order valence-electron chi connectivity index (χ3n) is 6.34. The van der Waals surface area contributed by atoms with Crippen LogP contribution in [0.2, 0.25) is 0 Å². The molecular formula is C25H30N2O5. The van der Waals surface area contributed by atoms with E-state index in [0.29, 0.717) is 43.9 Å². The summed E-state index contributed by atoms with van der Waals surface area (Å²) in [5.74, 6) is 0.545. The van der Waals surface area contributed by atoms with Crippen LogP contribution in [0.15, 0.2) is 48.5 Å². The number of methoxy groups -OCH3 is 1. The summed E-state index contributed by atoms with van der Waals surface area (Å²) in [6.45, 7) is 2.34. The number of ether oxygens (including phenoxy) is 3. The summed E-state index contributed by atoms with van der Waals surface area (Å²) in [4.78, 5) is 25.8. The Kier molecular flexibility index (Phi) is 7.07. The first kappa shape index (κ1) is 22.3. The van der Waals surface area contributed by atoms with E-state index in [1.54, 1.807) is 31.4 Å². The first-order valence-corrected chi connectivity index (χ1v) is 11.1. The van der Waals surface area contributed by atoms with Gasteiger partial charge < -0.3 is 24.8 Å². The Morgan fingerprint density at radius 2 is 1.75 bits per heavy atom. The summed E-state index contributed by atoms with van der Waals surface area (Å²) in [5, 5.41) is 5.96. The standard InChI is InChI=1S/C25H30N2O5/c1-30-21-10-6-19(7-11-21)25(12-15-31-16-13-25)24(29)27-20-8-4-18(5-9-20)23(28)26-17-22-3-2-14-32-22/h4-11,22H,2-3,12-17H2,1H3,(H,26,28)(H,27,29)/t22-/m0/s1. The molecule has 0 spiro atoms. The quantitative estimate of drug-likeness (QED) is 0.693. The maximum atomic E-state index is 13.4. The van der Waals surface area contributed by atoms with Crippen molar-refractivity contribution in [2.75, 3.05) is 38.8 Å². The molecule has 2 aliphatic heterocycles. The Bertz CT molecular complexity index is 914. The molecule has 2 aromatic rings. The van der Waals surface area contributed by atoms with Crippen molar-refractivity contribution in [3.8, 4) is 5.75 Å². The molecule has 2 N–H and O–H groups in total. The van der Waals surface area contributed by atoms with Crippen LogP contribution in [0, 0.1) is 0 Å². The highest BCUT2D eigenvalue weighted by Gasteiger charge is 2.41. The molecule has 0 radical (unpaired) electrons. The summed E-state index contributed by atoms with van der Waals surface area (Å²) in [6.07, 6.45) is 3.33. The monoisotopic (exact) mass is 438 g/mol. The van der Waals surface area contributed by atoms with Crippen molar-refractivity contribution in [2.45, 2.75) is 37.2 Å². The fraction of sp³-hybridized carbons (Fsp3) is 0.440. The van der Waals surface area contributed by atoms with Gasteiger partial charge in [0.1, 0.15) is 5.75 Å². The molecule has 32 heavy (non-hydrogen) atoms. The van der Waals surface area contributed by atoms with Gasteiger partial charge in [-0.05, 0) is 67.6 Å². The number of carbonyl (C=O) groups is 2. The van der Waals surface area contributed by atoms with Gasteiger partial charge in [-0.1, -0.05) is 12.1 Å². The van der Waals surface area contributed by atoms with E-state index in [9.17, 15) is 9.59 Å². The number of carbonyl (C=O) groups excluding carboxylic acids is 2. The average molecular weight is 439 g/mol. The maximum absolute atomic E-state index is 13.4. The second kappa shape index (κ2) is 10.1. The minimum absolute atomic E-state index is 0.0680. The molecule has 2 fully saturated rings. The summed E-state index contributed by atoms with van der Waals surface area (Å²) in [7, 11) is 1.62. The van der Waals surface area contributed by atoms with Crippen LogP contribution in [0.5, 0.6) is 5.75 Å². The number of amides is 2. The lowest BCUT2D eigenvalue weighted by molar-refractivity contribution is -0.125. The second-order valence-corrected chi connectivity index (χ2v) is 8.30. The lowest BCUT2D eigenvalue weighted by atomic mass is 9.73. The zero-order chi connectivity index (χ0) is 22.4. The van der Waals surface area contributed by atoms with Gasteiger partial charge in [0.05, 0.1) is 18.6 Å². The molecule has 0 saturated carbocycles. The normalized spacial score (nSPS) is 19.8. The minimum atomic E-state index is -0.665. The Balaban J connectivity index is 1.43. The van der Waals surface area contributed by atoms with Crippen LogP contribution >= 0.6 is 0 Å². The van der Waals surface area contributed by atoms with Crippen molar-refractivity contribution >= 4 is 17.5 Å². The van der Waals surface area contributed by atoms with Gasteiger partial charge in [-0.15, -0.1) is 0 Å². The third-order valence-corrected chi connectivity index (χ3v) is 6.34. The van der Waals surface area contributed by atoms with Crippen molar-refractivity contribution in [3.63, 3.8) is 0 Å². The fourth-order valence-corrected chi connectivity index (χ4v) is 4.35. The van der Waals surface area contributed by atoms with Crippen molar-refractivity contribution in [3.05, 3.63) is 59.7 Å². The van der Waals surface area contributed by atoms with E-state index in [4.69, 9.17) is 14.2 Å². The topological polar surface area (TPSA) is 85.9 Å². The van der Waals surface area contributed by atoms with Gasteiger partial charge in [0.15, 0.2) is 0 Å². The highest BCUT2D eigenvalue weighted by Crippen LogP contribution is 2.37. The van der Waals surface area contributed by atoms with Crippen LogP contribution in [0.4, 0.5) is 5.69 Å². The van der Waals surface area contributed by atoms with Gasteiger partial charge in [0, 0.05) is 37.6 Å². The molecule has 0 unspecified atom stereocenters. The number of nitrogens with one attached hydrogen (secondary N) is 2. The van der Waals surface area contributed by atoms with Crippen molar-refractivity contribution in [2.24, 2.45) is 0 Å². The lowest BCUT2D eigenvalue weighted by Gasteiger charge is -2.36. The molecule has 7 heteroatoms.